The number of ether oxygens (including phenoxy) is 2. The lowest BCUT2D eigenvalue weighted by Crippen LogP contribution is -2.42. The molecule has 0 aliphatic heterocycles. The summed E-state index contributed by atoms with van der Waals surface area (Å²) >= 11 is 0. The van der Waals surface area contributed by atoms with Crippen molar-refractivity contribution in [2.24, 2.45) is 0 Å². The summed E-state index contributed by atoms with van der Waals surface area (Å²) in [4.78, 5) is 13.6. The summed E-state index contributed by atoms with van der Waals surface area (Å²) in [7, 11) is 1.66. The van der Waals surface area contributed by atoms with Crippen molar-refractivity contribution in [3.05, 3.63) is 53.1 Å². The van der Waals surface area contributed by atoms with Gasteiger partial charge in [0.25, 0.3) is 0 Å². The van der Waals surface area contributed by atoms with Crippen LogP contribution in [-0.2, 0) is 10.2 Å². The molecule has 1 fully saturated rings. The van der Waals surface area contributed by atoms with Crippen molar-refractivity contribution in [1.29, 1.82) is 0 Å². The fourth-order valence-electron chi connectivity index (χ4n) is 4.46. The molecule has 4 heteroatoms. The Bertz CT molecular complexity index is 843. The number of amides is 1. The normalized spacial score (nSPS) is 16.6. The molecule has 1 aliphatic carbocycles. The Hall–Kier alpha value is -2.49. The molecular formula is C26H35NO3. The monoisotopic (exact) mass is 409 g/mol. The van der Waals surface area contributed by atoms with Gasteiger partial charge in [-0.25, -0.2) is 0 Å². The van der Waals surface area contributed by atoms with E-state index in [0.29, 0.717) is 0 Å². The molecule has 0 unspecified atom stereocenters. The van der Waals surface area contributed by atoms with Crippen molar-refractivity contribution < 1.29 is 14.3 Å². The second-order valence-electron chi connectivity index (χ2n) is 8.60. The Morgan fingerprint density at radius 3 is 2.20 bits per heavy atom. The van der Waals surface area contributed by atoms with Crippen LogP contribution in [0.5, 0.6) is 11.5 Å². The van der Waals surface area contributed by atoms with Crippen LogP contribution in [0.3, 0.4) is 0 Å². The van der Waals surface area contributed by atoms with Crippen molar-refractivity contribution in [1.82, 2.24) is 0 Å². The molecule has 0 bridgehead atoms. The minimum atomic E-state index is -0.488. The van der Waals surface area contributed by atoms with E-state index in [1.807, 2.05) is 50.2 Å². The van der Waals surface area contributed by atoms with E-state index in [2.05, 4.69) is 19.2 Å². The number of anilines is 1. The van der Waals surface area contributed by atoms with E-state index < -0.39 is 5.41 Å². The molecule has 1 N–H and O–H groups in total. The van der Waals surface area contributed by atoms with Crippen molar-refractivity contribution >= 4 is 11.6 Å². The summed E-state index contributed by atoms with van der Waals surface area (Å²) in [6.45, 7) is 8.28. The SMILES string of the molecule is CC[C@@H](C)Oc1c(C)cc(NC(=O)C2(c3ccc(OC)cc3)CCCCC2)cc1C. The Morgan fingerprint density at radius 2 is 1.67 bits per heavy atom. The van der Waals surface area contributed by atoms with E-state index in [4.69, 9.17) is 9.47 Å². The fraction of sp³-hybridized carbons (Fsp3) is 0.500. The maximum atomic E-state index is 13.6. The number of rotatable bonds is 7. The highest BCUT2D eigenvalue weighted by atomic mass is 16.5. The van der Waals surface area contributed by atoms with E-state index >= 15 is 0 Å². The van der Waals surface area contributed by atoms with Crippen molar-refractivity contribution in [3.8, 4) is 11.5 Å². The quantitative estimate of drug-likeness (QED) is 0.581. The number of methoxy groups -OCH3 is 1. The predicted octanol–water partition coefficient (Wildman–Crippen LogP) is 6.33. The molecule has 1 atom stereocenters. The second-order valence-corrected chi connectivity index (χ2v) is 8.60. The molecule has 1 aliphatic rings. The fourth-order valence-corrected chi connectivity index (χ4v) is 4.46. The van der Waals surface area contributed by atoms with Gasteiger partial charge in [-0.05, 0) is 81.0 Å². The molecule has 2 aromatic carbocycles. The lowest BCUT2D eigenvalue weighted by Gasteiger charge is -2.36. The van der Waals surface area contributed by atoms with Gasteiger partial charge in [-0.2, -0.15) is 0 Å². The van der Waals surface area contributed by atoms with Crippen LogP contribution in [0, 0.1) is 13.8 Å². The van der Waals surface area contributed by atoms with Crippen LogP contribution < -0.4 is 14.8 Å². The first-order valence-corrected chi connectivity index (χ1v) is 11.1. The molecule has 0 radical (unpaired) electrons. The highest BCUT2D eigenvalue weighted by molar-refractivity contribution is 5.99. The van der Waals surface area contributed by atoms with Crippen LogP contribution in [0.4, 0.5) is 5.69 Å². The van der Waals surface area contributed by atoms with Gasteiger partial charge in [0.05, 0.1) is 18.6 Å². The van der Waals surface area contributed by atoms with E-state index in [0.717, 1.165) is 66.0 Å². The zero-order valence-corrected chi connectivity index (χ0v) is 19.0. The summed E-state index contributed by atoms with van der Waals surface area (Å²) in [6, 6.07) is 12.0. The number of carbonyl (C=O) groups excluding carboxylic acids is 1. The second kappa shape index (κ2) is 9.55. The summed E-state index contributed by atoms with van der Waals surface area (Å²) in [5.74, 6) is 1.82. The first-order chi connectivity index (χ1) is 14.4. The third-order valence-electron chi connectivity index (χ3n) is 6.40. The lowest BCUT2D eigenvalue weighted by molar-refractivity contribution is -0.122. The number of carbonyl (C=O) groups is 1. The Balaban J connectivity index is 1.87. The average Bonchev–Trinajstić information content (AvgIpc) is 2.76. The summed E-state index contributed by atoms with van der Waals surface area (Å²) in [5, 5.41) is 3.23. The molecule has 0 spiro atoms. The van der Waals surface area contributed by atoms with Gasteiger partial charge < -0.3 is 14.8 Å². The summed E-state index contributed by atoms with van der Waals surface area (Å²) in [5.41, 5.74) is 3.52. The zero-order chi connectivity index (χ0) is 21.7. The van der Waals surface area contributed by atoms with Gasteiger partial charge in [0.15, 0.2) is 0 Å². The Kier molecular flexibility index (Phi) is 7.06. The number of aryl methyl sites for hydroxylation is 2. The predicted molar refractivity (Wildman–Crippen MR) is 123 cm³/mol. The molecule has 1 amide bonds. The first kappa shape index (κ1) is 22.2. The van der Waals surface area contributed by atoms with Gasteiger partial charge in [0, 0.05) is 5.69 Å². The Morgan fingerprint density at radius 1 is 1.07 bits per heavy atom. The molecule has 162 valence electrons. The van der Waals surface area contributed by atoms with Crippen LogP contribution in [0.2, 0.25) is 0 Å². The van der Waals surface area contributed by atoms with E-state index in [9.17, 15) is 4.79 Å². The molecular weight excluding hydrogens is 374 g/mol. The molecule has 4 nitrogen and oxygen atoms in total. The van der Waals surface area contributed by atoms with Crippen LogP contribution in [0.25, 0.3) is 0 Å². The molecule has 3 rings (SSSR count). The molecule has 2 aromatic rings. The van der Waals surface area contributed by atoms with Gasteiger partial charge in [0.1, 0.15) is 11.5 Å². The maximum Gasteiger partial charge on any atom is 0.235 e. The minimum absolute atomic E-state index is 0.0850. The van der Waals surface area contributed by atoms with Crippen LogP contribution in [-0.4, -0.2) is 19.1 Å². The summed E-state index contributed by atoms with van der Waals surface area (Å²) in [6.07, 6.45) is 6.20. The third kappa shape index (κ3) is 4.63. The van der Waals surface area contributed by atoms with E-state index in [1.54, 1.807) is 7.11 Å². The van der Waals surface area contributed by atoms with E-state index in [1.165, 1.54) is 6.42 Å². The molecule has 30 heavy (non-hydrogen) atoms. The molecule has 0 heterocycles. The van der Waals surface area contributed by atoms with Gasteiger partial charge in [0.2, 0.25) is 5.91 Å². The molecule has 1 saturated carbocycles. The van der Waals surface area contributed by atoms with Crippen LogP contribution in [0.15, 0.2) is 36.4 Å². The van der Waals surface area contributed by atoms with Crippen LogP contribution >= 0.6 is 0 Å². The van der Waals surface area contributed by atoms with Gasteiger partial charge in [-0.1, -0.05) is 38.3 Å². The largest absolute Gasteiger partial charge is 0.497 e. The maximum absolute atomic E-state index is 13.6. The van der Waals surface area contributed by atoms with Crippen molar-refractivity contribution in [2.45, 2.75) is 77.7 Å². The number of nitrogens with one attached hydrogen (secondary N) is 1. The van der Waals surface area contributed by atoms with Crippen molar-refractivity contribution in [3.63, 3.8) is 0 Å². The number of benzene rings is 2. The Labute approximate surface area is 181 Å². The first-order valence-electron chi connectivity index (χ1n) is 11.1. The standard InChI is InChI=1S/C26H35NO3/c1-6-20(4)30-24-18(2)16-22(17-19(24)3)27-25(28)26(14-8-7-9-15-26)21-10-12-23(29-5)13-11-21/h10-13,16-17,20H,6-9,14-15H2,1-5H3,(H,27,28)/t20-/m1/s1. The topological polar surface area (TPSA) is 47.6 Å². The third-order valence-corrected chi connectivity index (χ3v) is 6.40. The lowest BCUT2D eigenvalue weighted by atomic mass is 9.68. The zero-order valence-electron chi connectivity index (χ0n) is 19.0. The highest BCUT2D eigenvalue weighted by Gasteiger charge is 2.41. The number of hydrogen-bond donors (Lipinski definition) is 1. The van der Waals surface area contributed by atoms with E-state index in [-0.39, 0.29) is 12.0 Å². The summed E-state index contributed by atoms with van der Waals surface area (Å²) < 4.78 is 11.4. The van der Waals surface area contributed by atoms with Crippen LogP contribution in [0.1, 0.15) is 69.1 Å². The minimum Gasteiger partial charge on any atom is -0.497 e. The highest BCUT2D eigenvalue weighted by Crippen LogP contribution is 2.41. The van der Waals surface area contributed by atoms with Crippen molar-refractivity contribution in [2.75, 3.05) is 12.4 Å². The van der Waals surface area contributed by atoms with Gasteiger partial charge >= 0.3 is 0 Å². The smallest absolute Gasteiger partial charge is 0.235 e. The number of hydrogen-bond acceptors (Lipinski definition) is 3. The van der Waals surface area contributed by atoms with Gasteiger partial charge in [-0.3, -0.25) is 4.79 Å². The van der Waals surface area contributed by atoms with Gasteiger partial charge in [-0.15, -0.1) is 0 Å². The average molecular weight is 410 g/mol. The molecule has 0 aromatic heterocycles. The molecule has 0 saturated heterocycles.